The van der Waals surface area contributed by atoms with Crippen LogP contribution in [-0.4, -0.2) is 43.2 Å². The highest BCUT2D eigenvalue weighted by Crippen LogP contribution is 2.21. The van der Waals surface area contributed by atoms with Gasteiger partial charge in [-0.15, -0.1) is 0 Å². The molecule has 2 aromatic carbocycles. The minimum absolute atomic E-state index is 0.0419. The molecular weight excluding hydrogens is 314 g/mol. The smallest absolute Gasteiger partial charge is 0.227 e. The van der Waals surface area contributed by atoms with Crippen molar-refractivity contribution in [2.45, 2.75) is 31.9 Å². The van der Waals surface area contributed by atoms with Crippen molar-refractivity contribution in [1.29, 1.82) is 0 Å². The van der Waals surface area contributed by atoms with Gasteiger partial charge in [0.25, 0.3) is 0 Å². The van der Waals surface area contributed by atoms with E-state index in [9.17, 15) is 4.79 Å². The van der Waals surface area contributed by atoms with E-state index in [1.165, 1.54) is 5.56 Å². The molecule has 2 aromatic rings. The highest BCUT2D eigenvalue weighted by Gasteiger charge is 2.30. The second kappa shape index (κ2) is 8.17. The lowest BCUT2D eigenvalue weighted by Gasteiger charge is -2.38. The predicted octanol–water partition coefficient (Wildman–Crippen LogP) is 3.10. The minimum Gasteiger partial charge on any atom is -0.496 e. The maximum atomic E-state index is 12.9. The molecule has 1 amide bonds. The van der Waals surface area contributed by atoms with Crippen LogP contribution in [0.1, 0.15) is 18.1 Å². The third kappa shape index (κ3) is 4.40. The first-order valence-corrected chi connectivity index (χ1v) is 8.74. The van der Waals surface area contributed by atoms with E-state index in [4.69, 9.17) is 9.47 Å². The van der Waals surface area contributed by atoms with Gasteiger partial charge in [-0.2, -0.15) is 0 Å². The highest BCUT2D eigenvalue weighted by molar-refractivity contribution is 5.80. The summed E-state index contributed by atoms with van der Waals surface area (Å²) < 4.78 is 11.3. The van der Waals surface area contributed by atoms with Crippen molar-refractivity contribution < 1.29 is 14.3 Å². The molecular formula is C21H25NO3. The van der Waals surface area contributed by atoms with Crippen molar-refractivity contribution in [2.24, 2.45) is 0 Å². The average Bonchev–Trinajstić information content (AvgIpc) is 2.64. The van der Waals surface area contributed by atoms with Crippen LogP contribution in [0.15, 0.2) is 54.6 Å². The zero-order valence-electron chi connectivity index (χ0n) is 14.9. The van der Waals surface area contributed by atoms with Gasteiger partial charge in [0.2, 0.25) is 5.91 Å². The molecule has 3 rings (SSSR count). The number of rotatable bonds is 5. The number of hydrogen-bond acceptors (Lipinski definition) is 3. The van der Waals surface area contributed by atoms with Crippen LogP contribution in [0.3, 0.4) is 0 Å². The quantitative estimate of drug-likeness (QED) is 0.840. The molecule has 25 heavy (non-hydrogen) atoms. The number of carbonyl (C=O) groups excluding carboxylic acids is 1. The number of benzene rings is 2. The van der Waals surface area contributed by atoms with Gasteiger partial charge in [0.1, 0.15) is 5.75 Å². The van der Waals surface area contributed by atoms with Crippen LogP contribution >= 0.6 is 0 Å². The summed E-state index contributed by atoms with van der Waals surface area (Å²) in [4.78, 5) is 14.8. The number of hydrogen-bond donors (Lipinski definition) is 0. The molecule has 132 valence electrons. The Kier molecular flexibility index (Phi) is 5.71. The van der Waals surface area contributed by atoms with Gasteiger partial charge >= 0.3 is 0 Å². The van der Waals surface area contributed by atoms with Gasteiger partial charge in [-0.1, -0.05) is 48.5 Å². The zero-order valence-corrected chi connectivity index (χ0v) is 14.9. The summed E-state index contributed by atoms with van der Waals surface area (Å²) in [7, 11) is 1.64. The monoisotopic (exact) mass is 339 g/mol. The van der Waals surface area contributed by atoms with Crippen LogP contribution in [0.25, 0.3) is 0 Å². The lowest BCUT2D eigenvalue weighted by molar-refractivity contribution is -0.143. The van der Waals surface area contributed by atoms with E-state index in [1.807, 2.05) is 54.3 Å². The number of methoxy groups -OCH3 is 1. The van der Waals surface area contributed by atoms with Crippen LogP contribution in [0.4, 0.5) is 0 Å². The largest absolute Gasteiger partial charge is 0.496 e. The van der Waals surface area contributed by atoms with E-state index in [-0.39, 0.29) is 18.1 Å². The molecule has 2 atom stereocenters. The first-order chi connectivity index (χ1) is 12.2. The van der Waals surface area contributed by atoms with Crippen molar-refractivity contribution in [3.63, 3.8) is 0 Å². The molecule has 1 aliphatic heterocycles. The summed E-state index contributed by atoms with van der Waals surface area (Å²) >= 11 is 0. The Labute approximate surface area is 149 Å². The molecule has 1 saturated heterocycles. The third-order valence-electron chi connectivity index (χ3n) is 4.67. The molecule has 0 aliphatic carbocycles. The number of carbonyl (C=O) groups is 1. The number of amides is 1. The van der Waals surface area contributed by atoms with E-state index < -0.39 is 0 Å². The SMILES string of the molecule is COc1ccccc1CC(=O)N1CC(Cc2ccccc2)OCC1C. The van der Waals surface area contributed by atoms with Gasteiger partial charge < -0.3 is 14.4 Å². The normalized spacial score (nSPS) is 20.3. The maximum absolute atomic E-state index is 12.9. The predicted molar refractivity (Wildman–Crippen MR) is 97.8 cm³/mol. The first-order valence-electron chi connectivity index (χ1n) is 8.74. The molecule has 1 fully saturated rings. The van der Waals surface area contributed by atoms with Gasteiger partial charge in [-0.3, -0.25) is 4.79 Å². The summed E-state index contributed by atoms with van der Waals surface area (Å²) in [6, 6.07) is 18.1. The van der Waals surface area contributed by atoms with Crippen LogP contribution in [0.2, 0.25) is 0 Å². The molecule has 2 unspecified atom stereocenters. The van der Waals surface area contributed by atoms with E-state index in [1.54, 1.807) is 7.11 Å². The fourth-order valence-corrected chi connectivity index (χ4v) is 3.28. The second-order valence-corrected chi connectivity index (χ2v) is 6.53. The van der Waals surface area contributed by atoms with Crippen molar-refractivity contribution in [2.75, 3.05) is 20.3 Å². The topological polar surface area (TPSA) is 38.8 Å². The molecule has 4 heteroatoms. The Morgan fingerprint density at radius 3 is 2.64 bits per heavy atom. The summed E-state index contributed by atoms with van der Waals surface area (Å²) in [5, 5.41) is 0. The summed E-state index contributed by atoms with van der Waals surface area (Å²) in [6.07, 6.45) is 1.22. The summed E-state index contributed by atoms with van der Waals surface area (Å²) in [5.74, 6) is 0.885. The first kappa shape index (κ1) is 17.5. The number of para-hydroxylation sites is 1. The zero-order chi connectivity index (χ0) is 17.6. The van der Waals surface area contributed by atoms with E-state index >= 15 is 0 Å². The van der Waals surface area contributed by atoms with Crippen LogP contribution in [-0.2, 0) is 22.4 Å². The number of morpholine rings is 1. The lowest BCUT2D eigenvalue weighted by atomic mass is 10.0. The Balaban J connectivity index is 1.66. The number of nitrogens with zero attached hydrogens (tertiary/aromatic N) is 1. The van der Waals surface area contributed by atoms with Crippen molar-refractivity contribution in [3.05, 3.63) is 65.7 Å². The molecule has 4 nitrogen and oxygen atoms in total. The summed E-state index contributed by atoms with van der Waals surface area (Å²) in [5.41, 5.74) is 2.16. The lowest BCUT2D eigenvalue weighted by Crippen LogP contribution is -2.52. The molecule has 0 bridgehead atoms. The molecule has 0 saturated carbocycles. The minimum atomic E-state index is 0.0419. The van der Waals surface area contributed by atoms with Crippen molar-refractivity contribution in [1.82, 2.24) is 4.90 Å². The molecule has 0 aromatic heterocycles. The summed E-state index contributed by atoms with van der Waals surface area (Å²) in [6.45, 7) is 3.25. The van der Waals surface area contributed by atoms with E-state index in [0.29, 0.717) is 19.6 Å². The van der Waals surface area contributed by atoms with Gasteiger partial charge in [0.05, 0.1) is 32.3 Å². The Morgan fingerprint density at radius 1 is 1.16 bits per heavy atom. The van der Waals surface area contributed by atoms with Gasteiger partial charge in [0, 0.05) is 18.5 Å². The molecule has 0 N–H and O–H groups in total. The second-order valence-electron chi connectivity index (χ2n) is 6.53. The highest BCUT2D eigenvalue weighted by atomic mass is 16.5. The van der Waals surface area contributed by atoms with Crippen molar-refractivity contribution >= 4 is 5.91 Å². The fourth-order valence-electron chi connectivity index (χ4n) is 3.28. The number of ether oxygens (including phenoxy) is 2. The van der Waals surface area contributed by atoms with Crippen LogP contribution in [0, 0.1) is 0 Å². The third-order valence-corrected chi connectivity index (χ3v) is 4.67. The Hall–Kier alpha value is -2.33. The molecule has 1 heterocycles. The van der Waals surface area contributed by atoms with E-state index in [2.05, 4.69) is 12.1 Å². The van der Waals surface area contributed by atoms with Crippen LogP contribution in [0.5, 0.6) is 5.75 Å². The van der Waals surface area contributed by atoms with Crippen molar-refractivity contribution in [3.8, 4) is 5.75 Å². The van der Waals surface area contributed by atoms with Gasteiger partial charge in [-0.25, -0.2) is 0 Å². The van der Waals surface area contributed by atoms with Gasteiger partial charge in [-0.05, 0) is 18.6 Å². The van der Waals surface area contributed by atoms with Crippen LogP contribution < -0.4 is 4.74 Å². The van der Waals surface area contributed by atoms with Gasteiger partial charge in [0.15, 0.2) is 0 Å². The molecule has 0 spiro atoms. The molecule has 0 radical (unpaired) electrons. The fraction of sp³-hybridized carbons (Fsp3) is 0.381. The maximum Gasteiger partial charge on any atom is 0.227 e. The van der Waals surface area contributed by atoms with E-state index in [0.717, 1.165) is 17.7 Å². The Bertz CT molecular complexity index is 701. The molecule has 1 aliphatic rings. The standard InChI is InChI=1S/C21H25NO3/c1-16-15-25-19(12-17-8-4-3-5-9-17)14-22(16)21(23)13-18-10-6-7-11-20(18)24-2/h3-11,16,19H,12-15H2,1-2H3. The average molecular weight is 339 g/mol. The Morgan fingerprint density at radius 2 is 1.88 bits per heavy atom.